The van der Waals surface area contributed by atoms with Crippen molar-refractivity contribution in [2.45, 2.75) is 31.3 Å². The Morgan fingerprint density at radius 2 is 2.08 bits per heavy atom. The zero-order valence-corrected chi connectivity index (χ0v) is 15.5. The maximum atomic E-state index is 12.1. The van der Waals surface area contributed by atoms with Crippen LogP contribution in [0.15, 0.2) is 30.5 Å². The molecule has 5 nitrogen and oxygen atoms in total. The van der Waals surface area contributed by atoms with Crippen LogP contribution in [0.3, 0.4) is 0 Å². The van der Waals surface area contributed by atoms with Crippen molar-refractivity contribution < 1.29 is 4.79 Å². The lowest BCUT2D eigenvalue weighted by molar-refractivity contribution is -0.122. The van der Waals surface area contributed by atoms with Crippen molar-refractivity contribution in [1.82, 2.24) is 15.2 Å². The Morgan fingerprint density at radius 1 is 1.38 bits per heavy atom. The van der Waals surface area contributed by atoms with Gasteiger partial charge in [0.1, 0.15) is 0 Å². The first kappa shape index (κ1) is 20.8. The summed E-state index contributed by atoms with van der Waals surface area (Å²) in [5, 5.41) is 4.08. The summed E-state index contributed by atoms with van der Waals surface area (Å²) in [6, 6.07) is 8.28. The number of hydrogen-bond donors (Lipinski definition) is 3. The highest BCUT2D eigenvalue weighted by atomic mass is 35.5. The first-order valence-corrected chi connectivity index (χ1v) is 7.93. The van der Waals surface area contributed by atoms with E-state index in [1.807, 2.05) is 24.4 Å². The third-order valence-corrected chi connectivity index (χ3v) is 4.39. The Kier molecular flexibility index (Phi) is 8.03. The summed E-state index contributed by atoms with van der Waals surface area (Å²) in [5.74, 6) is -0.0746. The second kappa shape index (κ2) is 9.28. The molecule has 0 bridgehead atoms. The van der Waals surface area contributed by atoms with Crippen LogP contribution in [0.2, 0.25) is 0 Å². The molecule has 1 heterocycles. The van der Waals surface area contributed by atoms with Gasteiger partial charge < -0.3 is 20.9 Å². The molecule has 0 unspecified atom stereocenters. The molecule has 4 N–H and O–H groups in total. The van der Waals surface area contributed by atoms with Crippen LogP contribution in [0.25, 0.3) is 10.9 Å². The Balaban J connectivity index is 0.00000144. The molecule has 134 valence electrons. The van der Waals surface area contributed by atoms with E-state index >= 15 is 0 Å². The second-order valence-electron chi connectivity index (χ2n) is 6.17. The molecule has 0 saturated heterocycles. The van der Waals surface area contributed by atoms with Gasteiger partial charge in [-0.2, -0.15) is 0 Å². The normalized spacial score (nSPS) is 14.8. The number of nitrogens with one attached hydrogen (secondary N) is 2. The lowest BCUT2D eigenvalue weighted by atomic mass is 10.1. The van der Waals surface area contributed by atoms with Crippen LogP contribution >= 0.6 is 24.8 Å². The zero-order chi connectivity index (χ0) is 15.5. The first-order chi connectivity index (χ1) is 10.6. The number of para-hydroxylation sites is 1. The predicted molar refractivity (Wildman–Crippen MR) is 103 cm³/mol. The molecular weight excluding hydrogens is 347 g/mol. The summed E-state index contributed by atoms with van der Waals surface area (Å²) in [6.07, 6.45) is 5.06. The number of aromatic amines is 1. The maximum absolute atomic E-state index is 12.1. The van der Waals surface area contributed by atoms with Gasteiger partial charge in [-0.05, 0) is 37.9 Å². The van der Waals surface area contributed by atoms with Gasteiger partial charge in [0.15, 0.2) is 0 Å². The van der Waals surface area contributed by atoms with Gasteiger partial charge in [-0.1, -0.05) is 18.2 Å². The van der Waals surface area contributed by atoms with E-state index in [0.29, 0.717) is 13.0 Å². The van der Waals surface area contributed by atoms with Crippen LogP contribution in [-0.2, 0) is 11.2 Å². The number of amides is 1. The van der Waals surface area contributed by atoms with Crippen molar-refractivity contribution >= 4 is 41.6 Å². The molecule has 7 heteroatoms. The zero-order valence-electron chi connectivity index (χ0n) is 13.8. The molecule has 1 aliphatic rings. The topological polar surface area (TPSA) is 74.2 Å². The molecule has 1 saturated carbocycles. The molecule has 1 atom stereocenters. The summed E-state index contributed by atoms with van der Waals surface area (Å²) in [7, 11) is 2.11. The number of carbonyl (C=O) groups excluding carboxylic acids is 1. The fraction of sp³-hybridized carbons (Fsp3) is 0.471. The lowest BCUT2D eigenvalue weighted by Gasteiger charge is -2.17. The molecule has 0 spiro atoms. The van der Waals surface area contributed by atoms with Crippen LogP contribution < -0.4 is 11.1 Å². The van der Waals surface area contributed by atoms with Crippen molar-refractivity contribution in [2.75, 3.05) is 20.1 Å². The molecule has 3 rings (SSSR count). The summed E-state index contributed by atoms with van der Waals surface area (Å²) in [5.41, 5.74) is 8.22. The smallest absolute Gasteiger partial charge is 0.237 e. The van der Waals surface area contributed by atoms with E-state index < -0.39 is 6.04 Å². The highest BCUT2D eigenvalue weighted by molar-refractivity contribution is 5.86. The van der Waals surface area contributed by atoms with Crippen molar-refractivity contribution in [1.29, 1.82) is 0 Å². The van der Waals surface area contributed by atoms with Crippen LogP contribution in [-0.4, -0.2) is 48.0 Å². The number of aromatic nitrogens is 1. The summed E-state index contributed by atoms with van der Waals surface area (Å²) < 4.78 is 0. The largest absolute Gasteiger partial charge is 0.361 e. The fourth-order valence-corrected chi connectivity index (χ4v) is 2.81. The summed E-state index contributed by atoms with van der Waals surface area (Å²) in [6.45, 7) is 1.55. The minimum atomic E-state index is -0.509. The summed E-state index contributed by atoms with van der Waals surface area (Å²) in [4.78, 5) is 17.6. The van der Waals surface area contributed by atoms with Gasteiger partial charge in [-0.3, -0.25) is 4.79 Å². The fourth-order valence-electron chi connectivity index (χ4n) is 2.81. The quantitative estimate of drug-likeness (QED) is 0.696. The first-order valence-electron chi connectivity index (χ1n) is 7.93. The molecule has 1 fully saturated rings. The Hall–Kier alpha value is -1.27. The number of benzene rings is 1. The van der Waals surface area contributed by atoms with Crippen LogP contribution in [0.1, 0.15) is 18.4 Å². The number of likely N-dealkylation sites (N-methyl/N-ethyl adjacent to an activating group) is 1. The Morgan fingerprint density at radius 3 is 2.79 bits per heavy atom. The standard InChI is InChI=1S/C17H24N4O.2ClH/c1-21(13-6-7-13)9-8-19-17(22)15(18)10-12-11-20-16-5-3-2-4-14(12)16;;/h2-5,11,13,15,20H,6-10,18H2,1H3,(H,19,22);2*1H/t15-;;/m0../s1. The van der Waals surface area contributed by atoms with E-state index in [0.717, 1.165) is 29.1 Å². The number of rotatable bonds is 7. The van der Waals surface area contributed by atoms with Crippen LogP contribution in [0.4, 0.5) is 0 Å². The Bertz CT molecular complexity index is 657. The predicted octanol–water partition coefficient (Wildman–Crippen LogP) is 2.09. The number of carbonyl (C=O) groups is 1. The van der Waals surface area contributed by atoms with Gasteiger partial charge in [0.25, 0.3) is 0 Å². The van der Waals surface area contributed by atoms with Crippen molar-refractivity contribution in [3.63, 3.8) is 0 Å². The number of H-pyrrole nitrogens is 1. The number of hydrogen-bond acceptors (Lipinski definition) is 3. The maximum Gasteiger partial charge on any atom is 0.237 e. The number of nitrogens with two attached hydrogens (primary N) is 1. The van der Waals surface area contributed by atoms with E-state index in [1.165, 1.54) is 12.8 Å². The van der Waals surface area contributed by atoms with Crippen molar-refractivity contribution in [2.24, 2.45) is 5.73 Å². The molecular formula is C17H26Cl2N4O. The minimum Gasteiger partial charge on any atom is -0.361 e. The SMILES string of the molecule is CN(CCNC(=O)[C@@H](N)Cc1c[nH]c2ccccc12)C1CC1.Cl.Cl. The van der Waals surface area contributed by atoms with Gasteiger partial charge >= 0.3 is 0 Å². The molecule has 2 aromatic rings. The molecule has 1 amide bonds. The lowest BCUT2D eigenvalue weighted by Crippen LogP contribution is -2.44. The molecule has 0 aliphatic heterocycles. The van der Waals surface area contributed by atoms with Crippen LogP contribution in [0.5, 0.6) is 0 Å². The van der Waals surface area contributed by atoms with E-state index in [4.69, 9.17) is 5.73 Å². The molecule has 1 aromatic heterocycles. The molecule has 1 aliphatic carbocycles. The van der Waals surface area contributed by atoms with Gasteiger partial charge in [0, 0.05) is 36.2 Å². The Labute approximate surface area is 155 Å². The minimum absolute atomic E-state index is 0. The third kappa shape index (κ3) is 5.11. The van der Waals surface area contributed by atoms with Gasteiger partial charge in [0.2, 0.25) is 5.91 Å². The number of fused-ring (bicyclic) bond motifs is 1. The summed E-state index contributed by atoms with van der Waals surface area (Å²) >= 11 is 0. The van der Waals surface area contributed by atoms with Crippen molar-refractivity contribution in [3.8, 4) is 0 Å². The van der Waals surface area contributed by atoms with E-state index in [1.54, 1.807) is 0 Å². The number of nitrogens with zero attached hydrogens (tertiary/aromatic N) is 1. The van der Waals surface area contributed by atoms with E-state index in [-0.39, 0.29) is 30.7 Å². The average molecular weight is 373 g/mol. The van der Waals surface area contributed by atoms with Gasteiger partial charge in [-0.15, -0.1) is 24.8 Å². The second-order valence-corrected chi connectivity index (χ2v) is 6.17. The molecule has 0 radical (unpaired) electrons. The van der Waals surface area contributed by atoms with Crippen LogP contribution in [0, 0.1) is 0 Å². The van der Waals surface area contributed by atoms with Gasteiger partial charge in [-0.25, -0.2) is 0 Å². The highest BCUT2D eigenvalue weighted by Crippen LogP contribution is 2.24. The molecule has 24 heavy (non-hydrogen) atoms. The highest BCUT2D eigenvalue weighted by Gasteiger charge is 2.25. The van der Waals surface area contributed by atoms with Crippen molar-refractivity contribution in [3.05, 3.63) is 36.0 Å². The monoisotopic (exact) mass is 372 g/mol. The molecule has 1 aromatic carbocycles. The number of halogens is 2. The average Bonchev–Trinajstić information content (AvgIpc) is 3.30. The van der Waals surface area contributed by atoms with E-state index in [2.05, 4.69) is 28.3 Å². The van der Waals surface area contributed by atoms with Gasteiger partial charge in [0.05, 0.1) is 6.04 Å². The van der Waals surface area contributed by atoms with E-state index in [9.17, 15) is 4.79 Å². The third-order valence-electron chi connectivity index (χ3n) is 4.39.